The summed E-state index contributed by atoms with van der Waals surface area (Å²) >= 11 is 1.50. The van der Waals surface area contributed by atoms with E-state index in [1.807, 2.05) is 13.8 Å². The number of thiazole rings is 1. The van der Waals surface area contributed by atoms with Crippen molar-refractivity contribution in [3.63, 3.8) is 0 Å². The molecule has 0 unspecified atom stereocenters. The lowest BCUT2D eigenvalue weighted by molar-refractivity contribution is 0.0697. The molecular formula is C11H12N2O2S. The Labute approximate surface area is 96.7 Å². The van der Waals surface area contributed by atoms with Gasteiger partial charge in [-0.1, -0.05) is 13.8 Å². The molecule has 0 saturated heterocycles. The number of aromatic nitrogens is 1. The summed E-state index contributed by atoms with van der Waals surface area (Å²) in [7, 11) is 0. The van der Waals surface area contributed by atoms with Crippen LogP contribution in [-0.4, -0.2) is 16.1 Å². The quantitative estimate of drug-likeness (QED) is 0.786. The average Bonchev–Trinajstić information content (AvgIpc) is 2.61. The van der Waals surface area contributed by atoms with E-state index in [9.17, 15) is 4.79 Å². The number of carbonyl (C=O) groups is 1. The van der Waals surface area contributed by atoms with E-state index >= 15 is 0 Å². The van der Waals surface area contributed by atoms with Crippen LogP contribution < -0.4 is 5.73 Å². The molecule has 5 heteroatoms. The highest BCUT2D eigenvalue weighted by Crippen LogP contribution is 2.31. The number of anilines is 1. The van der Waals surface area contributed by atoms with E-state index in [-0.39, 0.29) is 5.56 Å². The summed E-state index contributed by atoms with van der Waals surface area (Å²) < 4.78 is 0.834. The molecule has 0 fully saturated rings. The molecule has 0 spiro atoms. The van der Waals surface area contributed by atoms with Gasteiger partial charge in [0, 0.05) is 5.92 Å². The summed E-state index contributed by atoms with van der Waals surface area (Å²) in [4.78, 5) is 15.3. The Morgan fingerprint density at radius 1 is 1.50 bits per heavy atom. The van der Waals surface area contributed by atoms with E-state index in [1.54, 1.807) is 6.07 Å². The monoisotopic (exact) mass is 236 g/mol. The van der Waals surface area contributed by atoms with Crippen molar-refractivity contribution in [1.29, 1.82) is 0 Å². The fraction of sp³-hybridized carbons (Fsp3) is 0.273. The Hall–Kier alpha value is -1.62. The number of hydrogen-bond donors (Lipinski definition) is 2. The molecule has 16 heavy (non-hydrogen) atoms. The summed E-state index contributed by atoms with van der Waals surface area (Å²) in [5.41, 5.74) is 7.14. The van der Waals surface area contributed by atoms with E-state index in [0.717, 1.165) is 9.71 Å². The average molecular weight is 236 g/mol. The number of aromatic carboxylic acids is 1. The van der Waals surface area contributed by atoms with Crippen LogP contribution in [0.3, 0.4) is 0 Å². The van der Waals surface area contributed by atoms with Crippen molar-refractivity contribution in [2.45, 2.75) is 19.8 Å². The molecular weight excluding hydrogens is 224 g/mol. The van der Waals surface area contributed by atoms with E-state index in [2.05, 4.69) is 4.98 Å². The molecule has 0 aliphatic heterocycles. The van der Waals surface area contributed by atoms with Crippen LogP contribution in [-0.2, 0) is 0 Å². The first-order valence-electron chi connectivity index (χ1n) is 4.92. The second-order valence-corrected chi connectivity index (χ2v) is 4.99. The zero-order valence-corrected chi connectivity index (χ0v) is 9.84. The third-order valence-corrected chi connectivity index (χ3v) is 3.58. The predicted octanol–water partition coefficient (Wildman–Crippen LogP) is 2.70. The molecule has 0 atom stereocenters. The largest absolute Gasteiger partial charge is 0.478 e. The predicted molar refractivity (Wildman–Crippen MR) is 65.1 cm³/mol. The van der Waals surface area contributed by atoms with Gasteiger partial charge in [0.25, 0.3) is 0 Å². The lowest BCUT2D eigenvalue weighted by Gasteiger charge is -1.97. The van der Waals surface area contributed by atoms with Gasteiger partial charge in [-0.25, -0.2) is 9.78 Å². The summed E-state index contributed by atoms with van der Waals surface area (Å²) in [6, 6.07) is 3.08. The third-order valence-electron chi connectivity index (χ3n) is 2.28. The van der Waals surface area contributed by atoms with Gasteiger partial charge in [-0.2, -0.15) is 0 Å². The normalized spacial score (nSPS) is 11.2. The lowest BCUT2D eigenvalue weighted by atomic mass is 10.2. The third kappa shape index (κ3) is 1.74. The number of benzene rings is 1. The van der Waals surface area contributed by atoms with Gasteiger partial charge in [0.15, 0.2) is 0 Å². The maximum Gasteiger partial charge on any atom is 0.335 e. The smallest absolute Gasteiger partial charge is 0.335 e. The van der Waals surface area contributed by atoms with Crippen molar-refractivity contribution < 1.29 is 9.90 Å². The molecule has 0 bridgehead atoms. The summed E-state index contributed by atoms with van der Waals surface area (Å²) in [6.45, 7) is 4.10. The van der Waals surface area contributed by atoms with Crippen LogP contribution in [0.1, 0.15) is 35.1 Å². The van der Waals surface area contributed by atoms with Crippen LogP contribution in [0.4, 0.5) is 5.69 Å². The highest BCUT2D eigenvalue weighted by molar-refractivity contribution is 7.18. The van der Waals surface area contributed by atoms with Crippen LogP contribution in [0.5, 0.6) is 0 Å². The number of hydrogen-bond acceptors (Lipinski definition) is 4. The van der Waals surface area contributed by atoms with Crippen LogP contribution in [0, 0.1) is 0 Å². The molecule has 2 rings (SSSR count). The maximum absolute atomic E-state index is 10.9. The van der Waals surface area contributed by atoms with Crippen molar-refractivity contribution in [2.24, 2.45) is 0 Å². The SMILES string of the molecule is CC(C)c1nc2c(N)cc(C(=O)O)cc2s1. The molecule has 1 aromatic carbocycles. The Balaban J connectivity index is 2.68. The molecule has 0 aliphatic rings. The highest BCUT2D eigenvalue weighted by atomic mass is 32.1. The molecule has 4 nitrogen and oxygen atoms in total. The number of rotatable bonds is 2. The fourth-order valence-corrected chi connectivity index (χ4v) is 2.49. The van der Waals surface area contributed by atoms with Crippen molar-refractivity contribution in [3.8, 4) is 0 Å². The second kappa shape index (κ2) is 3.75. The van der Waals surface area contributed by atoms with Gasteiger partial charge >= 0.3 is 5.97 Å². The maximum atomic E-state index is 10.9. The van der Waals surface area contributed by atoms with E-state index in [1.165, 1.54) is 17.4 Å². The number of nitrogens with two attached hydrogens (primary N) is 1. The number of nitrogens with zero attached hydrogens (tertiary/aromatic N) is 1. The second-order valence-electron chi connectivity index (χ2n) is 3.92. The molecule has 0 amide bonds. The minimum absolute atomic E-state index is 0.212. The van der Waals surface area contributed by atoms with E-state index < -0.39 is 5.97 Å². The molecule has 0 saturated carbocycles. The van der Waals surface area contributed by atoms with E-state index in [4.69, 9.17) is 10.8 Å². The first kappa shape index (κ1) is 10.9. The molecule has 1 heterocycles. The zero-order chi connectivity index (χ0) is 11.9. The minimum Gasteiger partial charge on any atom is -0.478 e. The fourth-order valence-electron chi connectivity index (χ4n) is 1.44. The number of fused-ring (bicyclic) bond motifs is 1. The van der Waals surface area contributed by atoms with Crippen molar-refractivity contribution in [3.05, 3.63) is 22.7 Å². The van der Waals surface area contributed by atoms with Crippen molar-refractivity contribution in [2.75, 3.05) is 5.73 Å². The van der Waals surface area contributed by atoms with Crippen LogP contribution in [0.25, 0.3) is 10.2 Å². The molecule has 84 valence electrons. The lowest BCUT2D eigenvalue weighted by Crippen LogP contribution is -1.98. The summed E-state index contributed by atoms with van der Waals surface area (Å²) in [6.07, 6.45) is 0. The van der Waals surface area contributed by atoms with Crippen LogP contribution in [0.15, 0.2) is 12.1 Å². The zero-order valence-electron chi connectivity index (χ0n) is 9.02. The number of carboxylic acid groups (broad SMARTS) is 1. The first-order valence-corrected chi connectivity index (χ1v) is 5.74. The minimum atomic E-state index is -0.965. The van der Waals surface area contributed by atoms with Gasteiger partial charge in [-0.15, -0.1) is 11.3 Å². The Bertz CT molecular complexity index is 560. The standard InChI is InChI=1S/C11H12N2O2S/c1-5(2)10-13-9-7(12)3-6(11(14)15)4-8(9)16-10/h3-5H,12H2,1-2H3,(H,14,15). The molecule has 0 radical (unpaired) electrons. The van der Waals surface area contributed by atoms with Gasteiger partial charge in [0.05, 0.1) is 21.0 Å². The van der Waals surface area contributed by atoms with Gasteiger partial charge in [0.1, 0.15) is 5.52 Å². The molecule has 3 N–H and O–H groups in total. The van der Waals surface area contributed by atoms with Gasteiger partial charge in [-0.05, 0) is 12.1 Å². The molecule has 2 aromatic rings. The molecule has 1 aromatic heterocycles. The van der Waals surface area contributed by atoms with Gasteiger partial charge < -0.3 is 10.8 Å². The van der Waals surface area contributed by atoms with Crippen LogP contribution >= 0.6 is 11.3 Å². The first-order chi connectivity index (χ1) is 7.49. The van der Waals surface area contributed by atoms with Crippen molar-refractivity contribution >= 4 is 33.2 Å². The topological polar surface area (TPSA) is 76.2 Å². The van der Waals surface area contributed by atoms with Gasteiger partial charge in [0.2, 0.25) is 0 Å². The number of nitrogen functional groups attached to an aromatic ring is 1. The highest BCUT2D eigenvalue weighted by Gasteiger charge is 2.13. The van der Waals surface area contributed by atoms with E-state index in [0.29, 0.717) is 17.1 Å². The number of carboxylic acids is 1. The summed E-state index contributed by atoms with van der Waals surface area (Å²) in [5, 5.41) is 9.89. The summed E-state index contributed by atoms with van der Waals surface area (Å²) in [5.74, 6) is -0.641. The van der Waals surface area contributed by atoms with Gasteiger partial charge in [-0.3, -0.25) is 0 Å². The molecule has 0 aliphatic carbocycles. The Kier molecular flexibility index (Phi) is 2.55. The van der Waals surface area contributed by atoms with Crippen molar-refractivity contribution in [1.82, 2.24) is 4.98 Å². The Morgan fingerprint density at radius 2 is 2.19 bits per heavy atom. The Morgan fingerprint density at radius 3 is 2.75 bits per heavy atom. The van der Waals surface area contributed by atoms with Crippen LogP contribution in [0.2, 0.25) is 0 Å².